The number of nitrogens with zero attached hydrogens (tertiary/aromatic N) is 1. The number of esters is 1. The number of alkyl halides is 4. The summed E-state index contributed by atoms with van der Waals surface area (Å²) in [4.78, 5) is 28.3. The summed E-state index contributed by atoms with van der Waals surface area (Å²) < 4.78 is 41.4. The number of ether oxygens (including phenoxy) is 1. The van der Waals surface area contributed by atoms with E-state index in [2.05, 4.69) is 51.4 Å². The van der Waals surface area contributed by atoms with Crippen LogP contribution in [0.25, 0.3) is 0 Å². The van der Waals surface area contributed by atoms with E-state index >= 15 is 0 Å². The number of halogens is 4. The van der Waals surface area contributed by atoms with Crippen LogP contribution in [-0.2, 0) is 26.1 Å². The number of rotatable bonds is 10. The Balaban J connectivity index is 0.000000273. The van der Waals surface area contributed by atoms with Crippen molar-refractivity contribution in [3.05, 3.63) is 131 Å². The number of carbonyl (C=O) groups is 2. The van der Waals surface area contributed by atoms with Gasteiger partial charge in [0.1, 0.15) is 18.2 Å². The molecule has 0 spiro atoms. The molecular formula is C37H40BrF3N2O4S2. The van der Waals surface area contributed by atoms with Crippen molar-refractivity contribution in [1.82, 2.24) is 0 Å². The predicted octanol–water partition coefficient (Wildman–Crippen LogP) is 9.42. The second kappa shape index (κ2) is 20.8. The Morgan fingerprint density at radius 1 is 0.816 bits per heavy atom. The Kier molecular flexibility index (Phi) is 17.7. The lowest BCUT2D eigenvalue weighted by atomic mass is 10.0. The SMILES string of the molecule is CC(C)(C)OC(=O)CN=C(c1ccccc1)c1ccccc1.CSc1ccc(CBr)cc1.NC(Cc1ccc(SC(F)(F)F)cc1)C(=O)O. The zero-order valence-electron chi connectivity index (χ0n) is 27.6. The molecule has 262 valence electrons. The molecule has 4 rings (SSSR count). The lowest BCUT2D eigenvalue weighted by Crippen LogP contribution is -2.32. The maximum atomic E-state index is 12.0. The normalized spacial score (nSPS) is 11.5. The predicted molar refractivity (Wildman–Crippen MR) is 198 cm³/mol. The van der Waals surface area contributed by atoms with Gasteiger partial charge in [-0.1, -0.05) is 101 Å². The maximum absolute atomic E-state index is 12.0. The summed E-state index contributed by atoms with van der Waals surface area (Å²) in [5.41, 5.74) is 5.18. The van der Waals surface area contributed by atoms with Crippen LogP contribution in [0.4, 0.5) is 13.2 Å². The molecule has 0 aromatic heterocycles. The number of thioether (sulfide) groups is 2. The van der Waals surface area contributed by atoms with Gasteiger partial charge >= 0.3 is 17.4 Å². The highest BCUT2D eigenvalue weighted by atomic mass is 79.9. The molecule has 0 fully saturated rings. The van der Waals surface area contributed by atoms with Crippen LogP contribution in [0.1, 0.15) is 43.0 Å². The number of carboxylic acids is 1. The van der Waals surface area contributed by atoms with Gasteiger partial charge in [0.2, 0.25) is 0 Å². The van der Waals surface area contributed by atoms with Gasteiger partial charge in [0.15, 0.2) is 0 Å². The minimum atomic E-state index is -4.32. The quantitative estimate of drug-likeness (QED) is 0.0716. The van der Waals surface area contributed by atoms with Gasteiger partial charge in [-0.05, 0) is 80.6 Å². The van der Waals surface area contributed by atoms with Crippen LogP contribution in [0.5, 0.6) is 0 Å². The van der Waals surface area contributed by atoms with E-state index in [0.29, 0.717) is 5.56 Å². The van der Waals surface area contributed by atoms with Crippen molar-refractivity contribution in [3.8, 4) is 0 Å². The van der Waals surface area contributed by atoms with Crippen LogP contribution in [-0.4, -0.2) is 52.7 Å². The molecule has 49 heavy (non-hydrogen) atoms. The fourth-order valence-corrected chi connectivity index (χ4v) is 5.26. The van der Waals surface area contributed by atoms with E-state index in [1.165, 1.54) is 34.7 Å². The molecule has 4 aromatic carbocycles. The molecule has 0 saturated carbocycles. The van der Waals surface area contributed by atoms with Gasteiger partial charge < -0.3 is 15.6 Å². The van der Waals surface area contributed by atoms with Crippen molar-refractivity contribution < 1.29 is 32.6 Å². The van der Waals surface area contributed by atoms with Gasteiger partial charge in [-0.2, -0.15) is 13.2 Å². The Bertz CT molecular complexity index is 1540. The van der Waals surface area contributed by atoms with Crippen LogP contribution in [0.3, 0.4) is 0 Å². The molecule has 4 aromatic rings. The molecule has 1 unspecified atom stereocenters. The van der Waals surface area contributed by atoms with Crippen LogP contribution in [0.2, 0.25) is 0 Å². The zero-order chi connectivity index (χ0) is 36.5. The van der Waals surface area contributed by atoms with Crippen molar-refractivity contribution in [2.75, 3.05) is 12.8 Å². The summed E-state index contributed by atoms with van der Waals surface area (Å²) in [7, 11) is 0. The molecule has 1 atom stereocenters. The molecule has 0 amide bonds. The first kappa shape index (κ1) is 41.6. The summed E-state index contributed by atoms with van der Waals surface area (Å²) in [6.45, 7) is 5.56. The van der Waals surface area contributed by atoms with E-state index in [1.54, 1.807) is 11.8 Å². The zero-order valence-corrected chi connectivity index (χ0v) is 30.8. The van der Waals surface area contributed by atoms with E-state index in [1.807, 2.05) is 81.4 Å². The number of carboxylic acid groups (broad SMARTS) is 1. The van der Waals surface area contributed by atoms with Crippen LogP contribution < -0.4 is 5.73 Å². The van der Waals surface area contributed by atoms with Crippen molar-refractivity contribution in [1.29, 1.82) is 0 Å². The Morgan fingerprint density at radius 2 is 1.29 bits per heavy atom. The molecule has 3 N–H and O–H groups in total. The lowest BCUT2D eigenvalue weighted by molar-refractivity contribution is -0.152. The largest absolute Gasteiger partial charge is 0.480 e. The number of nitrogens with two attached hydrogens (primary N) is 1. The van der Waals surface area contributed by atoms with Gasteiger partial charge in [-0.15, -0.1) is 11.8 Å². The van der Waals surface area contributed by atoms with Gasteiger partial charge in [0, 0.05) is 26.2 Å². The van der Waals surface area contributed by atoms with Gasteiger partial charge in [0.05, 0.1) is 5.71 Å². The Hall–Kier alpha value is -3.58. The molecule has 0 radical (unpaired) electrons. The molecule has 0 bridgehead atoms. The van der Waals surface area contributed by atoms with Gasteiger partial charge in [0.25, 0.3) is 0 Å². The number of hydrogen-bond donors (Lipinski definition) is 2. The summed E-state index contributed by atoms with van der Waals surface area (Å²) in [5.74, 6) is -1.46. The lowest BCUT2D eigenvalue weighted by Gasteiger charge is -2.18. The molecule has 0 heterocycles. The smallest absolute Gasteiger partial charge is 0.446 e. The molecule has 0 saturated heterocycles. The third-order valence-corrected chi connectivity index (χ3v) is 8.25. The summed E-state index contributed by atoms with van der Waals surface area (Å²) in [6, 6.07) is 32.7. The minimum Gasteiger partial charge on any atom is -0.480 e. The van der Waals surface area contributed by atoms with Crippen LogP contribution in [0, 0.1) is 0 Å². The van der Waals surface area contributed by atoms with Crippen molar-refractivity contribution in [2.24, 2.45) is 10.7 Å². The van der Waals surface area contributed by atoms with Crippen molar-refractivity contribution in [2.45, 2.75) is 59.5 Å². The monoisotopic (exact) mass is 776 g/mol. The first-order valence-electron chi connectivity index (χ1n) is 15.0. The maximum Gasteiger partial charge on any atom is 0.446 e. The van der Waals surface area contributed by atoms with Crippen LogP contribution in [0.15, 0.2) is 124 Å². The second-order valence-corrected chi connectivity index (χ2v) is 13.9. The number of aliphatic imine (C=N–C) groups is 1. The number of aliphatic carboxylic acids is 1. The fraction of sp³-hybridized carbons (Fsp3) is 0.270. The van der Waals surface area contributed by atoms with E-state index in [9.17, 15) is 22.8 Å². The topological polar surface area (TPSA) is 102 Å². The number of benzene rings is 4. The van der Waals surface area contributed by atoms with Crippen LogP contribution >= 0.6 is 39.5 Å². The van der Waals surface area contributed by atoms with Crippen molar-refractivity contribution >= 4 is 57.1 Å². The average molecular weight is 778 g/mol. The van der Waals surface area contributed by atoms with E-state index < -0.39 is 23.1 Å². The first-order valence-corrected chi connectivity index (χ1v) is 18.2. The third-order valence-electron chi connectivity index (χ3n) is 6.12. The standard InChI is InChI=1S/C19H21NO2.C10H10F3NO2S.C8H9BrS/c1-19(2,3)22-17(21)14-20-18(15-10-6-4-7-11-15)16-12-8-5-9-13-16;11-10(12,13)17-7-3-1-6(2-4-7)5-8(14)9(15)16;1-10-8-4-2-7(6-9)3-5-8/h4-13H,14H2,1-3H3;1-4,8H,5,14H2,(H,15,16);2-5H,6H2,1H3. The Morgan fingerprint density at radius 3 is 1.69 bits per heavy atom. The highest BCUT2D eigenvalue weighted by Crippen LogP contribution is 2.36. The number of carbonyl (C=O) groups excluding carboxylic acids is 1. The summed E-state index contributed by atoms with van der Waals surface area (Å²) in [5, 5.41) is 9.52. The summed E-state index contributed by atoms with van der Waals surface area (Å²) >= 11 is 4.96. The van der Waals surface area contributed by atoms with E-state index in [0.717, 1.165) is 22.2 Å². The Labute approximate surface area is 302 Å². The highest BCUT2D eigenvalue weighted by Gasteiger charge is 2.29. The third kappa shape index (κ3) is 17.6. The molecular weight excluding hydrogens is 737 g/mol. The van der Waals surface area contributed by atoms with E-state index in [-0.39, 0.29) is 35.6 Å². The van der Waals surface area contributed by atoms with Crippen molar-refractivity contribution in [3.63, 3.8) is 0 Å². The fourth-order valence-electron chi connectivity index (χ4n) is 3.94. The molecule has 12 heteroatoms. The minimum absolute atomic E-state index is 0.0103. The summed E-state index contributed by atoms with van der Waals surface area (Å²) in [6.07, 6.45) is 2.18. The van der Waals surface area contributed by atoms with Gasteiger partial charge in [-0.3, -0.25) is 14.6 Å². The number of hydrogen-bond acceptors (Lipinski definition) is 7. The first-order chi connectivity index (χ1) is 23.1. The second-order valence-electron chi connectivity index (χ2n) is 11.3. The molecule has 0 aliphatic rings. The highest BCUT2D eigenvalue weighted by molar-refractivity contribution is 9.08. The molecule has 0 aliphatic heterocycles. The van der Waals surface area contributed by atoms with Gasteiger partial charge in [-0.25, -0.2) is 0 Å². The molecule has 6 nitrogen and oxygen atoms in total. The average Bonchev–Trinajstić information content (AvgIpc) is 3.06. The van der Waals surface area contributed by atoms with E-state index in [4.69, 9.17) is 15.6 Å². The molecule has 0 aliphatic carbocycles.